The van der Waals surface area contributed by atoms with Gasteiger partial charge in [0.15, 0.2) is 0 Å². The van der Waals surface area contributed by atoms with Gasteiger partial charge in [-0.1, -0.05) is 32.0 Å². The Balaban J connectivity index is 2.81. The van der Waals surface area contributed by atoms with Crippen molar-refractivity contribution in [1.82, 2.24) is 0 Å². The molecule has 1 rings (SSSR count). The molecule has 0 fully saturated rings. The summed E-state index contributed by atoms with van der Waals surface area (Å²) in [6, 6.07) is 5.68. The van der Waals surface area contributed by atoms with Crippen LogP contribution in [0, 0.1) is 5.92 Å². The minimum absolute atomic E-state index is 0.176. The highest BCUT2D eigenvalue weighted by Gasteiger charge is 2.32. The van der Waals surface area contributed by atoms with Crippen molar-refractivity contribution in [2.24, 2.45) is 5.92 Å². The summed E-state index contributed by atoms with van der Waals surface area (Å²) in [5, 5.41) is 9.90. The van der Waals surface area contributed by atoms with Crippen molar-refractivity contribution < 1.29 is 23.0 Å². The topological polar surface area (TPSA) is 29.5 Å². The Morgan fingerprint density at radius 3 is 2.33 bits per heavy atom. The van der Waals surface area contributed by atoms with Gasteiger partial charge < -0.3 is 9.84 Å². The van der Waals surface area contributed by atoms with Crippen molar-refractivity contribution in [3.8, 4) is 5.75 Å². The van der Waals surface area contributed by atoms with Gasteiger partial charge in [-0.3, -0.25) is 0 Å². The quantitative estimate of drug-likeness (QED) is 0.867. The lowest BCUT2D eigenvalue weighted by molar-refractivity contribution is -0.275. The van der Waals surface area contributed by atoms with Gasteiger partial charge in [0.25, 0.3) is 0 Å². The molecule has 0 aliphatic carbocycles. The molecule has 0 saturated heterocycles. The third-order valence-electron chi connectivity index (χ3n) is 2.52. The van der Waals surface area contributed by atoms with Crippen LogP contribution in [-0.2, 0) is 0 Å². The van der Waals surface area contributed by atoms with Crippen LogP contribution in [0.5, 0.6) is 5.75 Å². The second kappa shape index (κ2) is 6.09. The number of benzene rings is 1. The summed E-state index contributed by atoms with van der Waals surface area (Å²) in [5.74, 6) is 0.0524. The van der Waals surface area contributed by atoms with Gasteiger partial charge in [-0.05, 0) is 24.8 Å². The lowest BCUT2D eigenvalue weighted by atomic mass is 9.99. The predicted molar refractivity (Wildman–Crippen MR) is 62.2 cm³/mol. The molecule has 0 aliphatic rings. The van der Waals surface area contributed by atoms with Gasteiger partial charge in [0.2, 0.25) is 0 Å². The van der Waals surface area contributed by atoms with Gasteiger partial charge >= 0.3 is 6.36 Å². The summed E-state index contributed by atoms with van der Waals surface area (Å²) in [6.07, 6.45) is -4.53. The third-order valence-corrected chi connectivity index (χ3v) is 2.52. The molecule has 0 heterocycles. The van der Waals surface area contributed by atoms with Gasteiger partial charge in [0.1, 0.15) is 5.75 Å². The Bertz CT molecular complexity index is 375. The summed E-state index contributed by atoms with van der Waals surface area (Å²) in [5.41, 5.74) is 0.176. The molecule has 1 atom stereocenters. The van der Waals surface area contributed by atoms with E-state index >= 15 is 0 Å². The zero-order chi connectivity index (χ0) is 13.8. The third kappa shape index (κ3) is 4.96. The van der Waals surface area contributed by atoms with Crippen molar-refractivity contribution >= 4 is 0 Å². The first-order valence-corrected chi connectivity index (χ1v) is 5.82. The monoisotopic (exact) mass is 262 g/mol. The van der Waals surface area contributed by atoms with E-state index < -0.39 is 12.5 Å². The minimum Gasteiger partial charge on any atom is -0.405 e. The Labute approximate surface area is 104 Å². The first kappa shape index (κ1) is 14.8. The molecule has 0 aliphatic heterocycles. The Morgan fingerprint density at radius 1 is 1.17 bits per heavy atom. The van der Waals surface area contributed by atoms with Crippen LogP contribution in [-0.4, -0.2) is 11.5 Å². The lowest BCUT2D eigenvalue weighted by Crippen LogP contribution is -2.18. The smallest absolute Gasteiger partial charge is 0.405 e. The molecule has 1 aromatic carbocycles. The van der Waals surface area contributed by atoms with Gasteiger partial charge in [-0.25, -0.2) is 0 Å². The van der Waals surface area contributed by atoms with E-state index in [2.05, 4.69) is 4.74 Å². The molecule has 1 unspecified atom stereocenters. The molecule has 0 spiro atoms. The number of aliphatic hydroxyl groups excluding tert-OH is 1. The van der Waals surface area contributed by atoms with Gasteiger partial charge in [0.05, 0.1) is 6.10 Å². The summed E-state index contributed by atoms with van der Waals surface area (Å²) in [6.45, 7) is 3.98. The highest BCUT2D eigenvalue weighted by Crippen LogP contribution is 2.32. The average Bonchev–Trinajstić information content (AvgIpc) is 2.24. The van der Waals surface area contributed by atoms with E-state index in [0.717, 1.165) is 6.42 Å². The number of alkyl halides is 3. The summed E-state index contributed by atoms with van der Waals surface area (Å²) < 4.78 is 40.5. The van der Waals surface area contributed by atoms with Crippen LogP contribution in [0.4, 0.5) is 13.2 Å². The second-order valence-electron chi connectivity index (χ2n) is 4.57. The maximum atomic E-state index is 12.2. The highest BCUT2D eigenvalue weighted by atomic mass is 19.4. The van der Waals surface area contributed by atoms with Gasteiger partial charge in [-0.15, -0.1) is 13.2 Å². The van der Waals surface area contributed by atoms with E-state index in [1.165, 1.54) is 18.2 Å². The van der Waals surface area contributed by atoms with Crippen LogP contribution in [0.25, 0.3) is 0 Å². The number of para-hydroxylation sites is 1. The zero-order valence-corrected chi connectivity index (χ0v) is 10.4. The number of hydrogen-bond acceptors (Lipinski definition) is 2. The number of ether oxygens (including phenoxy) is 1. The SMILES string of the molecule is CC(C)CCC(O)c1ccccc1OC(F)(F)F. The summed E-state index contributed by atoms with van der Waals surface area (Å²) in [7, 11) is 0. The van der Waals surface area contributed by atoms with Gasteiger partial charge in [-0.2, -0.15) is 0 Å². The maximum absolute atomic E-state index is 12.2. The first-order valence-electron chi connectivity index (χ1n) is 5.82. The zero-order valence-electron chi connectivity index (χ0n) is 10.4. The van der Waals surface area contributed by atoms with E-state index in [1.807, 2.05) is 13.8 Å². The Kier molecular flexibility index (Phi) is 5.02. The fourth-order valence-electron chi connectivity index (χ4n) is 1.62. The largest absolute Gasteiger partial charge is 0.573 e. The number of hydrogen-bond donors (Lipinski definition) is 1. The second-order valence-corrected chi connectivity index (χ2v) is 4.57. The van der Waals surface area contributed by atoms with Crippen LogP contribution in [0.3, 0.4) is 0 Å². The van der Waals surface area contributed by atoms with Crippen molar-refractivity contribution in [3.05, 3.63) is 29.8 Å². The van der Waals surface area contributed by atoms with Crippen LogP contribution in [0.15, 0.2) is 24.3 Å². The first-order chi connectivity index (χ1) is 8.29. The van der Waals surface area contributed by atoms with E-state index in [0.29, 0.717) is 12.3 Å². The molecule has 102 valence electrons. The molecule has 1 N–H and O–H groups in total. The molecular weight excluding hydrogens is 245 g/mol. The highest BCUT2D eigenvalue weighted by molar-refractivity contribution is 5.35. The molecule has 0 saturated carbocycles. The summed E-state index contributed by atoms with van der Waals surface area (Å²) in [4.78, 5) is 0. The van der Waals surface area contributed by atoms with Crippen molar-refractivity contribution in [1.29, 1.82) is 0 Å². The van der Waals surface area contributed by atoms with E-state index in [9.17, 15) is 18.3 Å². The Morgan fingerprint density at radius 2 is 1.78 bits per heavy atom. The molecule has 5 heteroatoms. The fourth-order valence-corrected chi connectivity index (χ4v) is 1.62. The number of aliphatic hydroxyl groups is 1. The molecule has 0 bridgehead atoms. The lowest BCUT2D eigenvalue weighted by Gasteiger charge is -2.17. The van der Waals surface area contributed by atoms with Crippen molar-refractivity contribution in [2.75, 3.05) is 0 Å². The van der Waals surface area contributed by atoms with Crippen molar-refractivity contribution in [3.63, 3.8) is 0 Å². The average molecular weight is 262 g/mol. The van der Waals surface area contributed by atoms with Crippen LogP contribution >= 0.6 is 0 Å². The molecule has 0 radical (unpaired) electrons. The standard InChI is InChI=1S/C13H17F3O2/c1-9(2)7-8-11(17)10-5-3-4-6-12(10)18-13(14,15)16/h3-6,9,11,17H,7-8H2,1-2H3. The summed E-state index contributed by atoms with van der Waals surface area (Å²) >= 11 is 0. The molecular formula is C13H17F3O2. The maximum Gasteiger partial charge on any atom is 0.573 e. The van der Waals surface area contributed by atoms with Crippen LogP contribution < -0.4 is 4.74 Å². The van der Waals surface area contributed by atoms with Crippen molar-refractivity contribution in [2.45, 2.75) is 39.2 Å². The Hall–Kier alpha value is -1.23. The van der Waals surface area contributed by atoms with Gasteiger partial charge in [0, 0.05) is 5.56 Å². The van der Waals surface area contributed by atoms with Crippen LogP contribution in [0.1, 0.15) is 38.4 Å². The van der Waals surface area contributed by atoms with E-state index in [1.54, 1.807) is 6.07 Å². The molecule has 0 aromatic heterocycles. The molecule has 0 amide bonds. The van der Waals surface area contributed by atoms with Crippen LogP contribution in [0.2, 0.25) is 0 Å². The van der Waals surface area contributed by atoms with E-state index in [-0.39, 0.29) is 11.3 Å². The number of halogens is 3. The molecule has 1 aromatic rings. The van der Waals surface area contributed by atoms with E-state index in [4.69, 9.17) is 0 Å². The fraction of sp³-hybridized carbons (Fsp3) is 0.538. The molecule has 2 nitrogen and oxygen atoms in total. The normalized spacial score (nSPS) is 13.7. The predicted octanol–water partition coefficient (Wildman–Crippen LogP) is 4.05. The minimum atomic E-state index is -4.74. The molecule has 18 heavy (non-hydrogen) atoms. The number of rotatable bonds is 5.